The molecule has 0 N–H and O–H groups in total. The summed E-state index contributed by atoms with van der Waals surface area (Å²) >= 11 is 0. The normalized spacial score (nSPS) is 16.8. The molecule has 2 aromatic carbocycles. The first-order valence-electron chi connectivity index (χ1n) is 13.7. The molecule has 1 aliphatic carbocycles. The largest absolute Gasteiger partial charge is 0.337 e. The van der Waals surface area contributed by atoms with Crippen molar-refractivity contribution >= 4 is 27.7 Å². The van der Waals surface area contributed by atoms with Crippen molar-refractivity contribution in [2.45, 2.75) is 82.7 Å². The van der Waals surface area contributed by atoms with Crippen molar-refractivity contribution in [1.82, 2.24) is 10.1 Å². The van der Waals surface area contributed by atoms with Crippen molar-refractivity contribution in [2.75, 3.05) is 11.4 Å². The Hall–Kier alpha value is -3.46. The molecule has 8 nitrogen and oxygen atoms in total. The summed E-state index contributed by atoms with van der Waals surface area (Å²) in [6.07, 6.45) is 6.64. The van der Waals surface area contributed by atoms with Gasteiger partial charge >= 0.3 is 0 Å². The van der Waals surface area contributed by atoms with Crippen LogP contribution in [0.25, 0.3) is 11.1 Å². The third kappa shape index (κ3) is 4.88. The molecule has 1 amide bonds. The third-order valence-electron chi connectivity index (χ3n) is 8.03. The summed E-state index contributed by atoms with van der Waals surface area (Å²) < 4.78 is 33.8. The molecule has 1 aliphatic heterocycles. The van der Waals surface area contributed by atoms with Gasteiger partial charge < -0.3 is 4.52 Å². The van der Waals surface area contributed by atoms with E-state index in [-0.39, 0.29) is 16.7 Å². The molecule has 9 heteroatoms. The molecular weight excluding hydrogens is 512 g/mol. The number of amidine groups is 1. The zero-order valence-electron chi connectivity index (χ0n) is 23.1. The van der Waals surface area contributed by atoms with Gasteiger partial charge in [-0.05, 0) is 50.3 Å². The smallest absolute Gasteiger partial charge is 0.267 e. The van der Waals surface area contributed by atoms with Crippen LogP contribution < -0.4 is 4.31 Å². The molecule has 206 valence electrons. The number of amides is 1. The van der Waals surface area contributed by atoms with Crippen LogP contribution in [0.3, 0.4) is 0 Å². The zero-order valence-corrected chi connectivity index (χ0v) is 23.9. The number of aliphatic imine (C=N–C) groups is 1. The van der Waals surface area contributed by atoms with Crippen LogP contribution in [0.5, 0.6) is 0 Å². The summed E-state index contributed by atoms with van der Waals surface area (Å²) in [5.41, 5.74) is 3.13. The van der Waals surface area contributed by atoms with Crippen LogP contribution in [0.2, 0.25) is 0 Å². The minimum absolute atomic E-state index is 0.132. The number of rotatable bonds is 9. The number of aryl methyl sites for hydroxylation is 1. The fourth-order valence-corrected chi connectivity index (χ4v) is 6.95. The van der Waals surface area contributed by atoms with Gasteiger partial charge in [-0.15, -0.1) is 0 Å². The van der Waals surface area contributed by atoms with Crippen LogP contribution in [0.15, 0.2) is 62.9 Å². The predicted molar refractivity (Wildman–Crippen MR) is 152 cm³/mol. The van der Waals surface area contributed by atoms with Crippen LogP contribution in [-0.4, -0.2) is 42.8 Å². The van der Waals surface area contributed by atoms with Crippen LogP contribution >= 0.6 is 0 Å². The molecule has 2 heterocycles. The van der Waals surface area contributed by atoms with Gasteiger partial charge in [0.2, 0.25) is 5.88 Å². The number of carbonyl (C=O) groups is 1. The molecule has 1 saturated carbocycles. The highest BCUT2D eigenvalue weighted by Crippen LogP contribution is 2.40. The van der Waals surface area contributed by atoms with E-state index < -0.39 is 15.6 Å². The molecular formula is C30H36N4O4S. The molecule has 3 aromatic rings. The van der Waals surface area contributed by atoms with Gasteiger partial charge in [0.25, 0.3) is 15.9 Å². The molecule has 1 spiro atoms. The zero-order chi connectivity index (χ0) is 27.8. The Labute approximate surface area is 230 Å². The third-order valence-corrected chi connectivity index (χ3v) is 9.83. The fourth-order valence-electron chi connectivity index (χ4n) is 5.55. The van der Waals surface area contributed by atoms with Gasteiger partial charge in [-0.25, -0.2) is 12.7 Å². The number of unbranched alkanes of at least 4 members (excludes halogenated alkanes) is 1. The maximum Gasteiger partial charge on any atom is 0.267 e. The van der Waals surface area contributed by atoms with Crippen molar-refractivity contribution in [3.05, 3.63) is 65.4 Å². The summed E-state index contributed by atoms with van der Waals surface area (Å²) in [6.45, 7) is 6.18. The van der Waals surface area contributed by atoms with Crippen molar-refractivity contribution in [3.63, 3.8) is 0 Å². The first-order valence-corrected chi connectivity index (χ1v) is 15.1. The van der Waals surface area contributed by atoms with E-state index in [4.69, 9.17) is 9.52 Å². The second-order valence-corrected chi connectivity index (χ2v) is 12.6. The lowest BCUT2D eigenvalue weighted by Gasteiger charge is -2.23. The van der Waals surface area contributed by atoms with Crippen LogP contribution in [0, 0.1) is 13.8 Å². The van der Waals surface area contributed by atoms with E-state index in [0.717, 1.165) is 66.2 Å². The Bertz CT molecular complexity index is 1500. The summed E-state index contributed by atoms with van der Waals surface area (Å²) in [4.78, 5) is 20.5. The fraction of sp³-hybridized carbons (Fsp3) is 0.433. The number of aromatic nitrogens is 1. The summed E-state index contributed by atoms with van der Waals surface area (Å²) in [5.74, 6) is 1.24. The van der Waals surface area contributed by atoms with E-state index in [2.05, 4.69) is 12.1 Å². The number of benzene rings is 2. The number of carbonyl (C=O) groups excluding carboxylic acids is 1. The van der Waals surface area contributed by atoms with E-state index >= 15 is 0 Å². The van der Waals surface area contributed by atoms with Gasteiger partial charge in [0.15, 0.2) is 0 Å². The Morgan fingerprint density at radius 1 is 1.05 bits per heavy atom. The first-order chi connectivity index (χ1) is 18.7. The van der Waals surface area contributed by atoms with E-state index in [1.807, 2.05) is 35.2 Å². The molecule has 5 rings (SSSR count). The molecule has 0 saturated heterocycles. The SMILES string of the molecule is CCCCC1=NC2(CCCC2)C(=O)N1Cc1ccc(-c2ccccc2S(=O)(=O)N(C)c2onc(C)c2C)cc1. The summed E-state index contributed by atoms with van der Waals surface area (Å²) in [6, 6.07) is 14.7. The number of nitrogens with zero attached hydrogens (tertiary/aromatic N) is 4. The average Bonchev–Trinajstić information content (AvgIpc) is 3.62. The number of anilines is 1. The van der Waals surface area contributed by atoms with Crippen molar-refractivity contribution < 1.29 is 17.7 Å². The van der Waals surface area contributed by atoms with Crippen LogP contribution in [0.1, 0.15) is 68.7 Å². The van der Waals surface area contributed by atoms with Gasteiger partial charge in [0.1, 0.15) is 11.4 Å². The molecule has 2 aliphatic rings. The maximum absolute atomic E-state index is 13.6. The van der Waals surface area contributed by atoms with Crippen LogP contribution in [0.4, 0.5) is 5.88 Å². The highest BCUT2D eigenvalue weighted by molar-refractivity contribution is 7.93. The highest BCUT2D eigenvalue weighted by atomic mass is 32.2. The monoisotopic (exact) mass is 548 g/mol. The Morgan fingerprint density at radius 2 is 1.74 bits per heavy atom. The number of sulfonamides is 1. The second kappa shape index (κ2) is 10.6. The molecule has 0 bridgehead atoms. The minimum Gasteiger partial charge on any atom is -0.337 e. The average molecular weight is 549 g/mol. The van der Waals surface area contributed by atoms with Gasteiger partial charge in [0, 0.05) is 24.6 Å². The molecule has 1 aromatic heterocycles. The lowest BCUT2D eigenvalue weighted by Crippen LogP contribution is -2.40. The lowest BCUT2D eigenvalue weighted by atomic mass is 9.98. The van der Waals surface area contributed by atoms with Crippen molar-refractivity contribution in [1.29, 1.82) is 0 Å². The lowest BCUT2D eigenvalue weighted by molar-refractivity contribution is -0.131. The van der Waals surface area contributed by atoms with E-state index in [0.29, 0.717) is 23.4 Å². The first kappa shape index (κ1) is 27.1. The number of hydrogen-bond donors (Lipinski definition) is 0. The summed E-state index contributed by atoms with van der Waals surface area (Å²) in [5, 5.41) is 3.91. The van der Waals surface area contributed by atoms with Crippen molar-refractivity contribution in [3.8, 4) is 11.1 Å². The minimum atomic E-state index is -3.91. The van der Waals surface area contributed by atoms with Gasteiger partial charge in [0.05, 0.1) is 17.1 Å². The Balaban J connectivity index is 1.41. The standard InChI is InChI=1S/C30H36N4O4S/c1-5-6-13-27-31-30(18-9-10-19-30)29(35)34(27)20-23-14-16-24(17-15-23)25-11-7-8-12-26(25)39(36,37)33(4)28-21(2)22(3)32-38-28/h7-8,11-12,14-17H,5-6,9-10,13,18-20H2,1-4H3. The topological polar surface area (TPSA) is 96.1 Å². The van der Waals surface area contributed by atoms with Gasteiger partial charge in [-0.1, -0.05) is 73.8 Å². The Morgan fingerprint density at radius 3 is 2.38 bits per heavy atom. The van der Waals surface area contributed by atoms with E-state index in [1.54, 1.807) is 32.0 Å². The summed E-state index contributed by atoms with van der Waals surface area (Å²) in [7, 11) is -2.44. The van der Waals surface area contributed by atoms with Gasteiger partial charge in [-0.3, -0.25) is 14.7 Å². The molecule has 0 atom stereocenters. The quantitative estimate of drug-likeness (QED) is 0.325. The van der Waals surface area contributed by atoms with Crippen molar-refractivity contribution in [2.24, 2.45) is 4.99 Å². The van der Waals surface area contributed by atoms with Crippen LogP contribution in [-0.2, 0) is 21.4 Å². The molecule has 0 unspecified atom stereocenters. The predicted octanol–water partition coefficient (Wildman–Crippen LogP) is 6.03. The molecule has 1 fully saturated rings. The van der Waals surface area contributed by atoms with E-state index in [1.165, 1.54) is 7.05 Å². The molecule has 0 radical (unpaired) electrons. The highest BCUT2D eigenvalue weighted by Gasteiger charge is 2.49. The van der Waals surface area contributed by atoms with E-state index in [9.17, 15) is 13.2 Å². The van der Waals surface area contributed by atoms with Gasteiger partial charge in [-0.2, -0.15) is 0 Å². The second-order valence-electron chi connectivity index (χ2n) is 10.6. The number of hydrogen-bond acceptors (Lipinski definition) is 6. The molecule has 39 heavy (non-hydrogen) atoms. The Kier molecular flexibility index (Phi) is 7.37. The maximum atomic E-state index is 13.6.